The fraction of sp³-hybridized carbons (Fsp3) is 0.650. The zero-order valence-electron chi connectivity index (χ0n) is 31.7. The number of hydrogen-bond donors (Lipinski definition) is 3. The summed E-state index contributed by atoms with van der Waals surface area (Å²) in [6.45, 7) is 7.36. The van der Waals surface area contributed by atoms with Crippen molar-refractivity contribution in [2.24, 2.45) is 17.8 Å². The lowest BCUT2D eigenvalue weighted by molar-refractivity contribution is -0.142. The minimum atomic E-state index is -3.98. The van der Waals surface area contributed by atoms with Crippen LogP contribution >= 0.6 is 0 Å². The molecule has 2 aromatic rings. The molecule has 2 bridgehead atoms. The number of sulfonamides is 1. The molecule has 1 aromatic heterocycles. The molecule has 5 unspecified atom stereocenters. The Kier molecular flexibility index (Phi) is 9.61. The van der Waals surface area contributed by atoms with Crippen LogP contribution in [0, 0.1) is 17.8 Å². The van der Waals surface area contributed by atoms with Gasteiger partial charge in [0.2, 0.25) is 27.7 Å². The maximum absolute atomic E-state index is 14.8. The summed E-state index contributed by atoms with van der Waals surface area (Å²) < 4.78 is 39.9. The second-order valence-electron chi connectivity index (χ2n) is 17.2. The van der Waals surface area contributed by atoms with Gasteiger partial charge in [0.05, 0.1) is 22.3 Å². The molecule has 5 fully saturated rings. The second kappa shape index (κ2) is 14.0. The van der Waals surface area contributed by atoms with Crippen molar-refractivity contribution < 1.29 is 37.1 Å². The third kappa shape index (κ3) is 7.28. The monoisotopic (exact) mass is 776 g/mol. The van der Waals surface area contributed by atoms with Crippen molar-refractivity contribution in [1.29, 1.82) is 0 Å². The molecule has 1 aromatic carbocycles. The van der Waals surface area contributed by atoms with Gasteiger partial charge in [-0.3, -0.25) is 19.1 Å². The number of carbonyl (C=O) groups excluding carboxylic acids is 4. The van der Waals surface area contributed by atoms with E-state index >= 15 is 0 Å². The molecule has 6 aliphatic rings. The lowest BCUT2D eigenvalue weighted by Crippen LogP contribution is -2.59. The third-order valence-electron chi connectivity index (χ3n) is 13.2. The first-order chi connectivity index (χ1) is 26.2. The Morgan fingerprint density at radius 3 is 2.40 bits per heavy atom. The van der Waals surface area contributed by atoms with E-state index in [1.54, 1.807) is 6.92 Å². The number of para-hydroxylation sites is 2. The van der Waals surface area contributed by atoms with Gasteiger partial charge in [-0.25, -0.2) is 23.2 Å². The largest absolute Gasteiger partial charge is 0.471 e. The van der Waals surface area contributed by atoms with Crippen molar-refractivity contribution in [3.05, 3.63) is 42.6 Å². The van der Waals surface area contributed by atoms with Crippen molar-refractivity contribution in [1.82, 2.24) is 30.2 Å². The van der Waals surface area contributed by atoms with Crippen LogP contribution in [-0.4, -0.2) is 87.7 Å². The predicted octanol–water partition coefficient (Wildman–Crippen LogP) is 4.22. The highest BCUT2D eigenvalue weighted by Crippen LogP contribution is 2.50. The second-order valence-corrected chi connectivity index (χ2v) is 19.4. The van der Waals surface area contributed by atoms with Gasteiger partial charge in [-0.05, 0) is 89.7 Å². The average molecular weight is 777 g/mol. The van der Waals surface area contributed by atoms with Crippen LogP contribution in [0.2, 0.25) is 0 Å². The predicted molar refractivity (Wildman–Crippen MR) is 202 cm³/mol. The average Bonchev–Trinajstić information content (AvgIpc) is 4.06. The SMILES string of the molecule is C=C[C@@H]1C[C@]1(NC(=O)C1CC2CN1C(=O)C(C1CCCC1)NC(=O)OC1(C)CC1CCCCCc1nc3ccccc3nc1O2)C(=O)NS(=O)(=O)C1(C)CC1. The Bertz CT molecular complexity index is 2020. The first kappa shape index (κ1) is 37.6. The molecule has 296 valence electrons. The van der Waals surface area contributed by atoms with E-state index in [-0.39, 0.29) is 31.2 Å². The molecule has 4 aliphatic carbocycles. The van der Waals surface area contributed by atoms with Gasteiger partial charge in [0, 0.05) is 18.3 Å². The van der Waals surface area contributed by atoms with Crippen molar-refractivity contribution in [2.45, 2.75) is 138 Å². The minimum Gasteiger partial charge on any atom is -0.471 e. The molecular weight excluding hydrogens is 725 g/mol. The number of alkyl carbamates (subject to hydrolysis) is 1. The fourth-order valence-electron chi connectivity index (χ4n) is 8.97. The maximum Gasteiger partial charge on any atom is 0.408 e. The van der Waals surface area contributed by atoms with Crippen LogP contribution in [0.4, 0.5) is 4.79 Å². The van der Waals surface area contributed by atoms with Gasteiger partial charge in [0.25, 0.3) is 5.91 Å². The molecular formula is C40H52N6O8S. The number of fused-ring (bicyclic) bond motifs is 5. The molecule has 1 saturated heterocycles. The molecule has 8 rings (SSSR count). The van der Waals surface area contributed by atoms with E-state index in [0.29, 0.717) is 36.4 Å². The number of carbonyl (C=O) groups is 4. The molecule has 15 heteroatoms. The van der Waals surface area contributed by atoms with E-state index in [9.17, 15) is 27.6 Å². The molecule has 4 saturated carbocycles. The zero-order chi connectivity index (χ0) is 38.8. The number of ether oxygens (including phenoxy) is 2. The quantitative estimate of drug-likeness (QED) is 0.344. The van der Waals surface area contributed by atoms with Crippen LogP contribution in [0.3, 0.4) is 0 Å². The van der Waals surface area contributed by atoms with Crippen LogP contribution in [0.15, 0.2) is 36.9 Å². The number of nitrogens with one attached hydrogen (secondary N) is 3. The first-order valence-electron chi connectivity index (χ1n) is 20.0. The number of hydrogen-bond acceptors (Lipinski definition) is 10. The summed E-state index contributed by atoms with van der Waals surface area (Å²) in [6.07, 6.45) is 9.67. The van der Waals surface area contributed by atoms with Crippen molar-refractivity contribution >= 4 is 44.9 Å². The summed E-state index contributed by atoms with van der Waals surface area (Å²) >= 11 is 0. The highest BCUT2D eigenvalue weighted by molar-refractivity contribution is 7.91. The highest BCUT2D eigenvalue weighted by atomic mass is 32.2. The van der Waals surface area contributed by atoms with E-state index in [1.165, 1.54) is 11.0 Å². The van der Waals surface area contributed by atoms with Crippen LogP contribution in [0.1, 0.15) is 103 Å². The van der Waals surface area contributed by atoms with E-state index in [1.807, 2.05) is 31.2 Å². The molecule has 4 amide bonds. The molecule has 2 aliphatic heterocycles. The van der Waals surface area contributed by atoms with Crippen LogP contribution in [0.5, 0.6) is 5.88 Å². The number of amides is 4. The number of aryl methyl sites for hydroxylation is 1. The molecule has 0 radical (unpaired) electrons. The van der Waals surface area contributed by atoms with Gasteiger partial charge in [-0.1, -0.05) is 43.9 Å². The van der Waals surface area contributed by atoms with Gasteiger partial charge in [0.15, 0.2) is 0 Å². The van der Waals surface area contributed by atoms with Crippen LogP contribution < -0.4 is 20.1 Å². The van der Waals surface area contributed by atoms with Gasteiger partial charge in [-0.2, -0.15) is 0 Å². The number of rotatable bonds is 7. The van der Waals surface area contributed by atoms with Crippen molar-refractivity contribution in [2.75, 3.05) is 6.54 Å². The molecule has 0 spiro atoms. The Morgan fingerprint density at radius 1 is 1.00 bits per heavy atom. The van der Waals surface area contributed by atoms with E-state index in [2.05, 4.69) is 21.9 Å². The molecule has 55 heavy (non-hydrogen) atoms. The summed E-state index contributed by atoms with van der Waals surface area (Å²) in [5, 5.41) is 5.78. The van der Waals surface area contributed by atoms with Gasteiger partial charge >= 0.3 is 6.09 Å². The molecule has 3 N–H and O–H groups in total. The van der Waals surface area contributed by atoms with Crippen LogP contribution in [-0.2, 0) is 35.6 Å². The summed E-state index contributed by atoms with van der Waals surface area (Å²) in [7, 11) is -3.98. The first-order valence-corrected chi connectivity index (χ1v) is 21.5. The van der Waals surface area contributed by atoms with E-state index < -0.39 is 73.8 Å². The topological polar surface area (TPSA) is 186 Å². The summed E-state index contributed by atoms with van der Waals surface area (Å²) in [5.41, 5.74) is -0.0362. The maximum atomic E-state index is 14.8. The summed E-state index contributed by atoms with van der Waals surface area (Å²) in [4.78, 5) is 67.7. The zero-order valence-corrected chi connectivity index (χ0v) is 32.5. The molecule has 7 atom stereocenters. The lowest BCUT2D eigenvalue weighted by Gasteiger charge is -2.32. The van der Waals surface area contributed by atoms with Crippen molar-refractivity contribution in [3.8, 4) is 5.88 Å². The highest BCUT2D eigenvalue weighted by Gasteiger charge is 2.63. The standard InChI is InChI=1S/C40H52N6O8S/c1-4-25-22-40(25,36(49)45-55(51,52)38(2)18-19-38)44-33(47)31-20-27-23-46(31)35(48)32(24-12-8-9-13-24)43-37(50)54-39(3)21-26(39)14-6-5-7-17-30-34(53-27)42-29-16-11-10-15-28(29)41-30/h4,10-11,15-16,24-27,31-32H,1,5-9,12-14,17-23H2,2-3H3,(H,43,50)(H,44,47)(H,45,49)/t25-,26?,27?,31?,32?,39?,40-/m1/s1. The van der Waals surface area contributed by atoms with Gasteiger partial charge in [0.1, 0.15) is 35.0 Å². The minimum absolute atomic E-state index is 0.0153. The van der Waals surface area contributed by atoms with E-state index in [0.717, 1.165) is 63.3 Å². The number of nitrogens with zero attached hydrogens (tertiary/aromatic N) is 3. The Balaban J connectivity index is 1.11. The van der Waals surface area contributed by atoms with Gasteiger partial charge in [-0.15, -0.1) is 6.58 Å². The third-order valence-corrected chi connectivity index (χ3v) is 15.3. The van der Waals surface area contributed by atoms with E-state index in [4.69, 9.17) is 19.4 Å². The van der Waals surface area contributed by atoms with Gasteiger partial charge < -0.3 is 25.0 Å². The molecule has 3 heterocycles. The summed E-state index contributed by atoms with van der Waals surface area (Å²) in [5.74, 6) is -1.96. The Hall–Kier alpha value is -4.27. The summed E-state index contributed by atoms with van der Waals surface area (Å²) in [6, 6.07) is 5.52. The Labute approximate surface area is 322 Å². The van der Waals surface area contributed by atoms with Crippen LogP contribution in [0.25, 0.3) is 11.0 Å². The smallest absolute Gasteiger partial charge is 0.408 e. The molecule has 14 nitrogen and oxygen atoms in total. The Morgan fingerprint density at radius 2 is 1.71 bits per heavy atom. The normalized spacial score (nSPS) is 33.4. The fourth-order valence-corrected chi connectivity index (χ4v) is 10.3. The number of aromatic nitrogens is 2. The lowest BCUT2D eigenvalue weighted by atomic mass is 9.96. The number of benzene rings is 1. The van der Waals surface area contributed by atoms with Crippen molar-refractivity contribution in [3.63, 3.8) is 0 Å².